The zero-order chi connectivity index (χ0) is 9.47. The van der Waals surface area contributed by atoms with E-state index in [2.05, 4.69) is 20.8 Å². The standard InChI is InChI=1S/C11H20O2/c1-4-12-8(2)9-5-6-11(3)10(7-9)13-11/h8-10H,4-7H2,1-3H3. The summed E-state index contributed by atoms with van der Waals surface area (Å²) >= 11 is 0. The van der Waals surface area contributed by atoms with E-state index in [4.69, 9.17) is 9.47 Å². The number of hydrogen-bond acceptors (Lipinski definition) is 2. The highest BCUT2D eigenvalue weighted by molar-refractivity contribution is 5.04. The maximum absolute atomic E-state index is 5.67. The Morgan fingerprint density at radius 1 is 1.62 bits per heavy atom. The monoisotopic (exact) mass is 184 g/mol. The van der Waals surface area contributed by atoms with Crippen molar-refractivity contribution in [3.8, 4) is 0 Å². The second-order valence-electron chi connectivity index (χ2n) is 4.61. The number of epoxide rings is 1. The summed E-state index contributed by atoms with van der Waals surface area (Å²) < 4.78 is 11.3. The molecule has 0 radical (unpaired) electrons. The van der Waals surface area contributed by atoms with Crippen LogP contribution in [-0.2, 0) is 9.47 Å². The molecule has 1 saturated heterocycles. The fourth-order valence-corrected chi connectivity index (χ4v) is 2.50. The second-order valence-corrected chi connectivity index (χ2v) is 4.61. The van der Waals surface area contributed by atoms with E-state index < -0.39 is 0 Å². The lowest BCUT2D eigenvalue weighted by molar-refractivity contribution is 0.0211. The molecule has 0 spiro atoms. The second kappa shape index (κ2) is 3.25. The van der Waals surface area contributed by atoms with E-state index >= 15 is 0 Å². The smallest absolute Gasteiger partial charge is 0.0920 e. The van der Waals surface area contributed by atoms with Crippen molar-refractivity contribution in [2.75, 3.05) is 6.61 Å². The van der Waals surface area contributed by atoms with Gasteiger partial charge in [-0.3, -0.25) is 0 Å². The van der Waals surface area contributed by atoms with Crippen molar-refractivity contribution >= 4 is 0 Å². The molecule has 2 heteroatoms. The van der Waals surface area contributed by atoms with Gasteiger partial charge in [0.2, 0.25) is 0 Å². The van der Waals surface area contributed by atoms with Gasteiger partial charge in [-0.15, -0.1) is 0 Å². The summed E-state index contributed by atoms with van der Waals surface area (Å²) in [4.78, 5) is 0. The molecule has 0 bridgehead atoms. The van der Waals surface area contributed by atoms with Gasteiger partial charge in [-0.25, -0.2) is 0 Å². The van der Waals surface area contributed by atoms with Crippen LogP contribution in [0, 0.1) is 5.92 Å². The lowest BCUT2D eigenvalue weighted by Gasteiger charge is -2.27. The van der Waals surface area contributed by atoms with Crippen LogP contribution in [0.25, 0.3) is 0 Å². The van der Waals surface area contributed by atoms with Crippen LogP contribution >= 0.6 is 0 Å². The summed E-state index contributed by atoms with van der Waals surface area (Å²) in [5, 5.41) is 0. The fourth-order valence-electron chi connectivity index (χ4n) is 2.50. The zero-order valence-electron chi connectivity index (χ0n) is 8.88. The van der Waals surface area contributed by atoms with Crippen LogP contribution in [0.2, 0.25) is 0 Å². The Kier molecular flexibility index (Phi) is 2.37. The summed E-state index contributed by atoms with van der Waals surface area (Å²) in [5.74, 6) is 0.723. The summed E-state index contributed by atoms with van der Waals surface area (Å²) in [7, 11) is 0. The van der Waals surface area contributed by atoms with Crippen molar-refractivity contribution in [1.82, 2.24) is 0 Å². The Morgan fingerprint density at radius 3 is 3.00 bits per heavy atom. The molecule has 1 heterocycles. The number of hydrogen-bond donors (Lipinski definition) is 0. The Hall–Kier alpha value is -0.0800. The number of rotatable bonds is 3. The summed E-state index contributed by atoms with van der Waals surface area (Å²) in [6, 6.07) is 0. The SMILES string of the molecule is CCOC(C)C1CCC2(C)OC2C1. The van der Waals surface area contributed by atoms with Crippen molar-refractivity contribution in [1.29, 1.82) is 0 Å². The molecule has 1 aliphatic carbocycles. The van der Waals surface area contributed by atoms with E-state index in [9.17, 15) is 0 Å². The third-order valence-corrected chi connectivity index (χ3v) is 3.66. The minimum absolute atomic E-state index is 0.252. The minimum Gasteiger partial charge on any atom is -0.379 e. The molecular weight excluding hydrogens is 164 g/mol. The van der Waals surface area contributed by atoms with Crippen molar-refractivity contribution in [3.05, 3.63) is 0 Å². The largest absolute Gasteiger partial charge is 0.379 e. The molecule has 0 aromatic rings. The van der Waals surface area contributed by atoms with Gasteiger partial charge < -0.3 is 9.47 Å². The maximum Gasteiger partial charge on any atom is 0.0920 e. The van der Waals surface area contributed by atoms with Gasteiger partial charge >= 0.3 is 0 Å². The van der Waals surface area contributed by atoms with E-state index in [1.165, 1.54) is 19.3 Å². The predicted molar refractivity (Wildman–Crippen MR) is 51.7 cm³/mol. The van der Waals surface area contributed by atoms with Gasteiger partial charge in [0.05, 0.1) is 17.8 Å². The third-order valence-electron chi connectivity index (χ3n) is 3.66. The van der Waals surface area contributed by atoms with Crippen LogP contribution in [0.5, 0.6) is 0 Å². The molecule has 2 fully saturated rings. The first-order valence-electron chi connectivity index (χ1n) is 5.45. The first-order valence-corrected chi connectivity index (χ1v) is 5.45. The number of fused-ring (bicyclic) bond motifs is 1. The summed E-state index contributed by atoms with van der Waals surface area (Å²) in [5.41, 5.74) is 0.252. The minimum atomic E-state index is 0.252. The van der Waals surface area contributed by atoms with Gasteiger partial charge in [0.25, 0.3) is 0 Å². The Labute approximate surface area is 80.6 Å². The molecule has 1 aliphatic heterocycles. The van der Waals surface area contributed by atoms with E-state index in [-0.39, 0.29) is 5.60 Å². The maximum atomic E-state index is 5.67. The van der Waals surface area contributed by atoms with Crippen LogP contribution in [0.3, 0.4) is 0 Å². The van der Waals surface area contributed by atoms with Crippen LogP contribution in [-0.4, -0.2) is 24.4 Å². The molecule has 4 atom stereocenters. The van der Waals surface area contributed by atoms with Crippen molar-refractivity contribution in [2.24, 2.45) is 5.92 Å². The normalized spacial score (nSPS) is 45.5. The predicted octanol–water partition coefficient (Wildman–Crippen LogP) is 2.37. The third kappa shape index (κ3) is 1.75. The van der Waals surface area contributed by atoms with E-state index in [0.717, 1.165) is 12.5 Å². The summed E-state index contributed by atoms with van der Waals surface area (Å²) in [6.45, 7) is 7.33. The van der Waals surface area contributed by atoms with Gasteiger partial charge in [0.1, 0.15) is 0 Å². The molecule has 0 aromatic carbocycles. The molecule has 76 valence electrons. The van der Waals surface area contributed by atoms with Crippen molar-refractivity contribution in [2.45, 2.75) is 57.8 Å². The lowest BCUT2D eigenvalue weighted by Crippen LogP contribution is -2.29. The Morgan fingerprint density at radius 2 is 2.38 bits per heavy atom. The Balaban J connectivity index is 1.83. The van der Waals surface area contributed by atoms with Crippen LogP contribution in [0.15, 0.2) is 0 Å². The van der Waals surface area contributed by atoms with Gasteiger partial charge in [0, 0.05) is 6.61 Å². The molecule has 1 saturated carbocycles. The molecule has 2 nitrogen and oxygen atoms in total. The summed E-state index contributed by atoms with van der Waals surface area (Å²) in [6.07, 6.45) is 4.65. The molecule has 0 amide bonds. The van der Waals surface area contributed by atoms with Crippen molar-refractivity contribution in [3.63, 3.8) is 0 Å². The molecule has 2 aliphatic rings. The molecule has 0 aromatic heterocycles. The van der Waals surface area contributed by atoms with Crippen molar-refractivity contribution < 1.29 is 9.47 Å². The average molecular weight is 184 g/mol. The molecule has 0 N–H and O–H groups in total. The van der Waals surface area contributed by atoms with Gasteiger partial charge in [-0.05, 0) is 46.0 Å². The van der Waals surface area contributed by atoms with E-state index in [0.29, 0.717) is 12.2 Å². The molecule has 13 heavy (non-hydrogen) atoms. The van der Waals surface area contributed by atoms with Gasteiger partial charge in [0.15, 0.2) is 0 Å². The highest BCUT2D eigenvalue weighted by Gasteiger charge is 2.55. The van der Waals surface area contributed by atoms with Crippen LogP contribution in [0.1, 0.15) is 40.0 Å². The fraction of sp³-hybridized carbons (Fsp3) is 1.00. The average Bonchev–Trinajstić information content (AvgIpc) is 2.75. The lowest BCUT2D eigenvalue weighted by atomic mass is 9.80. The zero-order valence-corrected chi connectivity index (χ0v) is 8.88. The molecular formula is C11H20O2. The van der Waals surface area contributed by atoms with Gasteiger partial charge in [-0.2, -0.15) is 0 Å². The quantitative estimate of drug-likeness (QED) is 0.628. The topological polar surface area (TPSA) is 21.8 Å². The Bertz CT molecular complexity index is 193. The van der Waals surface area contributed by atoms with Crippen LogP contribution in [0.4, 0.5) is 0 Å². The highest BCUT2D eigenvalue weighted by Crippen LogP contribution is 2.50. The number of ether oxygens (including phenoxy) is 2. The van der Waals surface area contributed by atoms with Crippen LogP contribution < -0.4 is 0 Å². The molecule has 4 unspecified atom stereocenters. The first kappa shape index (κ1) is 9.47. The highest BCUT2D eigenvalue weighted by atomic mass is 16.6. The van der Waals surface area contributed by atoms with E-state index in [1.54, 1.807) is 0 Å². The molecule has 2 rings (SSSR count). The van der Waals surface area contributed by atoms with Gasteiger partial charge in [-0.1, -0.05) is 0 Å². The van der Waals surface area contributed by atoms with E-state index in [1.807, 2.05) is 0 Å². The first-order chi connectivity index (χ1) is 6.15.